The van der Waals surface area contributed by atoms with Crippen LogP contribution in [0.1, 0.15) is 36.9 Å². The largest absolute Gasteiger partial charge is 0.481 e. The molecule has 0 bridgehead atoms. The highest BCUT2D eigenvalue weighted by molar-refractivity contribution is 5.90. The molecule has 3 N–H and O–H groups in total. The maximum Gasteiger partial charge on any atom is 0.416 e. The second-order valence-electron chi connectivity index (χ2n) is 7.56. The smallest absolute Gasteiger partial charge is 0.416 e. The van der Waals surface area contributed by atoms with Crippen LogP contribution in [0.4, 0.5) is 30.6 Å². The van der Waals surface area contributed by atoms with E-state index in [9.17, 15) is 13.2 Å². The van der Waals surface area contributed by atoms with E-state index in [1.54, 1.807) is 19.2 Å². The first-order valence-electron chi connectivity index (χ1n) is 9.95. The van der Waals surface area contributed by atoms with Crippen LogP contribution in [0.5, 0.6) is 5.88 Å². The van der Waals surface area contributed by atoms with Crippen LogP contribution in [0.3, 0.4) is 0 Å². The van der Waals surface area contributed by atoms with E-state index in [1.807, 2.05) is 0 Å². The number of fused-ring (bicyclic) bond motifs is 1. The van der Waals surface area contributed by atoms with Crippen LogP contribution >= 0.6 is 0 Å². The molecule has 0 amide bonds. The van der Waals surface area contributed by atoms with Crippen LogP contribution < -0.4 is 20.7 Å². The van der Waals surface area contributed by atoms with Gasteiger partial charge in [0, 0.05) is 30.2 Å². The molecule has 164 valence electrons. The molecule has 0 saturated carbocycles. The predicted octanol–water partition coefficient (Wildman–Crippen LogP) is 4.41. The molecule has 1 saturated heterocycles. The minimum atomic E-state index is -4.48. The number of nitrogens with two attached hydrogens (primary N) is 1. The third kappa shape index (κ3) is 4.42. The van der Waals surface area contributed by atoms with E-state index < -0.39 is 17.8 Å². The summed E-state index contributed by atoms with van der Waals surface area (Å²) in [7, 11) is 1.51. The molecule has 2 aromatic heterocycles. The molecule has 1 aliphatic heterocycles. The first-order valence-corrected chi connectivity index (χ1v) is 9.95. The maximum atomic E-state index is 13.2. The lowest BCUT2D eigenvalue weighted by Crippen LogP contribution is -2.21. The number of nitrogen functional groups attached to an aromatic ring is 1. The fourth-order valence-electron chi connectivity index (χ4n) is 3.66. The van der Waals surface area contributed by atoms with Crippen LogP contribution in [-0.4, -0.2) is 35.2 Å². The highest BCUT2D eigenvalue weighted by atomic mass is 19.4. The highest BCUT2D eigenvalue weighted by Crippen LogP contribution is 2.34. The molecule has 3 heterocycles. The van der Waals surface area contributed by atoms with Gasteiger partial charge >= 0.3 is 6.18 Å². The Morgan fingerprint density at radius 1 is 1.13 bits per heavy atom. The average molecular weight is 432 g/mol. The summed E-state index contributed by atoms with van der Waals surface area (Å²) in [5, 5.41) is 3.91. The van der Waals surface area contributed by atoms with Crippen LogP contribution in [0, 0.1) is 0 Å². The summed E-state index contributed by atoms with van der Waals surface area (Å²) in [5.74, 6) is 1.45. The van der Waals surface area contributed by atoms with E-state index in [0.29, 0.717) is 34.1 Å². The molecule has 0 radical (unpaired) electrons. The normalized spacial score (nSPS) is 15.3. The quantitative estimate of drug-likeness (QED) is 0.578. The topological polar surface area (TPSA) is 89.2 Å². The van der Waals surface area contributed by atoms with Crippen molar-refractivity contribution in [1.29, 1.82) is 0 Å². The first kappa shape index (κ1) is 21.0. The van der Waals surface area contributed by atoms with Crippen LogP contribution in [0.15, 0.2) is 30.5 Å². The van der Waals surface area contributed by atoms with Gasteiger partial charge in [0.1, 0.15) is 5.82 Å². The van der Waals surface area contributed by atoms with Gasteiger partial charge in [0.25, 0.3) is 0 Å². The fraction of sp³-hybridized carbons (Fsp3) is 0.381. The molecule has 3 aromatic rings. The Kier molecular flexibility index (Phi) is 5.47. The lowest BCUT2D eigenvalue weighted by molar-refractivity contribution is -0.137. The van der Waals surface area contributed by atoms with Crippen molar-refractivity contribution in [2.24, 2.45) is 0 Å². The standard InChI is InChI=1S/C21H23F3N6O/c1-12(13-7-14(21(22,23)24)9-15(25)8-13)27-19-16-10-18(31-2)26-11-17(16)28-20(29-19)30-5-3-4-6-30/h7-12H,3-6,25H2,1-2H3,(H,27,28,29)/t12-/m1/s1. The van der Waals surface area contributed by atoms with Crippen molar-refractivity contribution in [2.45, 2.75) is 32.0 Å². The van der Waals surface area contributed by atoms with Crippen molar-refractivity contribution >= 4 is 28.4 Å². The zero-order chi connectivity index (χ0) is 22.2. The third-order valence-corrected chi connectivity index (χ3v) is 5.30. The zero-order valence-corrected chi connectivity index (χ0v) is 17.2. The van der Waals surface area contributed by atoms with Gasteiger partial charge in [-0.1, -0.05) is 0 Å². The Hall–Kier alpha value is -3.30. The fourth-order valence-corrected chi connectivity index (χ4v) is 3.66. The number of anilines is 3. The second kappa shape index (κ2) is 8.09. The molecular weight excluding hydrogens is 409 g/mol. The minimum Gasteiger partial charge on any atom is -0.481 e. The number of nitrogens with zero attached hydrogens (tertiary/aromatic N) is 4. The van der Waals surface area contributed by atoms with Gasteiger partial charge in [0.15, 0.2) is 0 Å². The molecule has 0 spiro atoms. The number of aromatic nitrogens is 3. The molecule has 10 heteroatoms. The number of nitrogens with one attached hydrogen (secondary N) is 1. The van der Waals surface area contributed by atoms with Crippen molar-refractivity contribution < 1.29 is 17.9 Å². The third-order valence-electron chi connectivity index (χ3n) is 5.30. The van der Waals surface area contributed by atoms with Crippen molar-refractivity contribution in [2.75, 3.05) is 36.1 Å². The number of methoxy groups -OCH3 is 1. The minimum absolute atomic E-state index is 0.0506. The number of pyridine rings is 1. The average Bonchev–Trinajstić information content (AvgIpc) is 3.27. The number of halogens is 3. The number of hydrogen-bond donors (Lipinski definition) is 2. The molecule has 0 aliphatic carbocycles. The summed E-state index contributed by atoms with van der Waals surface area (Å²) in [6.07, 6.45) is -0.753. The first-order chi connectivity index (χ1) is 14.7. The Labute approximate surface area is 177 Å². The summed E-state index contributed by atoms with van der Waals surface area (Å²) in [6, 6.07) is 4.77. The van der Waals surface area contributed by atoms with Crippen LogP contribution in [-0.2, 0) is 6.18 Å². The van der Waals surface area contributed by atoms with E-state index >= 15 is 0 Å². The Morgan fingerprint density at radius 3 is 2.55 bits per heavy atom. The summed E-state index contributed by atoms with van der Waals surface area (Å²) < 4.78 is 44.9. The molecular formula is C21H23F3N6O. The monoisotopic (exact) mass is 432 g/mol. The van der Waals surface area contributed by atoms with Gasteiger partial charge in [-0.2, -0.15) is 18.2 Å². The molecule has 31 heavy (non-hydrogen) atoms. The lowest BCUT2D eigenvalue weighted by Gasteiger charge is -2.21. The second-order valence-corrected chi connectivity index (χ2v) is 7.56. The number of hydrogen-bond acceptors (Lipinski definition) is 7. The Bertz CT molecular complexity index is 1100. The van der Waals surface area contributed by atoms with E-state index in [-0.39, 0.29) is 5.69 Å². The molecule has 1 fully saturated rings. The van der Waals surface area contributed by atoms with E-state index in [2.05, 4.69) is 25.2 Å². The summed E-state index contributed by atoms with van der Waals surface area (Å²) in [4.78, 5) is 15.6. The number of ether oxygens (including phenoxy) is 1. The van der Waals surface area contributed by atoms with Crippen LogP contribution in [0.25, 0.3) is 10.9 Å². The Morgan fingerprint density at radius 2 is 1.87 bits per heavy atom. The highest BCUT2D eigenvalue weighted by Gasteiger charge is 2.31. The van der Waals surface area contributed by atoms with Gasteiger partial charge < -0.3 is 20.7 Å². The van der Waals surface area contributed by atoms with E-state index in [0.717, 1.165) is 38.1 Å². The van der Waals surface area contributed by atoms with E-state index in [4.69, 9.17) is 10.5 Å². The van der Waals surface area contributed by atoms with E-state index in [1.165, 1.54) is 13.2 Å². The van der Waals surface area contributed by atoms with Crippen LogP contribution in [0.2, 0.25) is 0 Å². The van der Waals surface area contributed by atoms with Crippen molar-refractivity contribution in [3.05, 3.63) is 41.6 Å². The molecule has 1 aromatic carbocycles. The molecule has 4 rings (SSSR count). The molecule has 1 aliphatic rings. The summed E-state index contributed by atoms with van der Waals surface area (Å²) in [5.41, 5.74) is 6.03. The number of alkyl halides is 3. The van der Waals surface area contributed by atoms with Gasteiger partial charge in [-0.3, -0.25) is 0 Å². The predicted molar refractivity (Wildman–Crippen MR) is 113 cm³/mol. The van der Waals surface area contributed by atoms with Gasteiger partial charge in [-0.15, -0.1) is 0 Å². The van der Waals surface area contributed by atoms with Gasteiger partial charge in [-0.25, -0.2) is 9.97 Å². The SMILES string of the molecule is COc1cc2c(N[C@H](C)c3cc(N)cc(C(F)(F)F)c3)nc(N3CCCC3)nc2cn1. The van der Waals surface area contributed by atoms with Gasteiger partial charge in [0.05, 0.1) is 30.4 Å². The number of benzene rings is 1. The lowest BCUT2D eigenvalue weighted by atomic mass is 10.0. The molecule has 0 unspecified atom stereocenters. The summed E-state index contributed by atoms with van der Waals surface area (Å²) in [6.45, 7) is 3.47. The van der Waals surface area contributed by atoms with Crippen molar-refractivity contribution in [1.82, 2.24) is 15.0 Å². The number of rotatable bonds is 5. The van der Waals surface area contributed by atoms with Gasteiger partial charge in [-0.05, 0) is 43.5 Å². The van der Waals surface area contributed by atoms with Crippen molar-refractivity contribution in [3.63, 3.8) is 0 Å². The summed E-state index contributed by atoms with van der Waals surface area (Å²) >= 11 is 0. The van der Waals surface area contributed by atoms with Crippen molar-refractivity contribution in [3.8, 4) is 5.88 Å². The molecule has 1 atom stereocenters. The maximum absolute atomic E-state index is 13.2. The zero-order valence-electron chi connectivity index (χ0n) is 17.2. The Balaban J connectivity index is 1.75. The molecule has 7 nitrogen and oxygen atoms in total. The van der Waals surface area contributed by atoms with Gasteiger partial charge in [0.2, 0.25) is 11.8 Å².